The Morgan fingerprint density at radius 2 is 1.72 bits per heavy atom. The summed E-state index contributed by atoms with van der Waals surface area (Å²) in [4.78, 5) is 17.1. The van der Waals surface area contributed by atoms with Gasteiger partial charge in [0.05, 0.1) is 32.2 Å². The molecular formula is C22H32N6O3S. The Hall–Kier alpha value is -2.14. The van der Waals surface area contributed by atoms with Crippen LogP contribution in [0.2, 0.25) is 0 Å². The average Bonchev–Trinajstić information content (AvgIpc) is 3.26. The molecule has 4 rings (SSSR count). The maximum absolute atomic E-state index is 12.6. The van der Waals surface area contributed by atoms with Crippen molar-refractivity contribution in [2.75, 3.05) is 63.3 Å². The highest BCUT2D eigenvalue weighted by atomic mass is 32.2. The van der Waals surface area contributed by atoms with Gasteiger partial charge in [0.25, 0.3) is 0 Å². The molecule has 0 saturated carbocycles. The number of benzene rings is 1. The molecule has 174 valence electrons. The molecule has 1 N–H and O–H groups in total. The van der Waals surface area contributed by atoms with Crippen LogP contribution < -0.4 is 10.2 Å². The minimum atomic E-state index is -0.00486. The van der Waals surface area contributed by atoms with Gasteiger partial charge in [-0.05, 0) is 18.1 Å². The molecule has 32 heavy (non-hydrogen) atoms. The minimum absolute atomic E-state index is 0.00486. The standard InChI is InChI=1S/C22H32N6O3S/c1-2-28-21(27-9-13-31-14-10-27)24-25-22(28)32-17-20(29)23-15-18-5-3-4-6-19(18)16-26-7-11-30-12-8-26/h3-6H,2,7-17H2,1H3,(H,23,29). The third-order valence-electron chi connectivity index (χ3n) is 5.73. The third-order valence-corrected chi connectivity index (χ3v) is 6.70. The zero-order chi connectivity index (χ0) is 22.2. The van der Waals surface area contributed by atoms with Crippen molar-refractivity contribution in [3.05, 3.63) is 35.4 Å². The molecule has 2 saturated heterocycles. The summed E-state index contributed by atoms with van der Waals surface area (Å²) in [5.74, 6) is 1.16. The predicted molar refractivity (Wildman–Crippen MR) is 124 cm³/mol. The van der Waals surface area contributed by atoms with E-state index in [2.05, 4.69) is 55.0 Å². The van der Waals surface area contributed by atoms with Gasteiger partial charge in [-0.3, -0.25) is 14.3 Å². The van der Waals surface area contributed by atoms with E-state index in [0.717, 1.165) is 69.2 Å². The topological polar surface area (TPSA) is 84.8 Å². The number of hydrogen-bond acceptors (Lipinski definition) is 8. The molecule has 1 aromatic carbocycles. The first kappa shape index (κ1) is 23.0. The van der Waals surface area contributed by atoms with E-state index in [1.165, 1.54) is 17.3 Å². The highest BCUT2D eigenvalue weighted by Crippen LogP contribution is 2.22. The van der Waals surface area contributed by atoms with E-state index in [4.69, 9.17) is 9.47 Å². The van der Waals surface area contributed by atoms with Crippen LogP contribution in [0.4, 0.5) is 5.95 Å². The first-order valence-electron chi connectivity index (χ1n) is 11.3. The lowest BCUT2D eigenvalue weighted by Crippen LogP contribution is -2.38. The quantitative estimate of drug-likeness (QED) is 0.562. The lowest BCUT2D eigenvalue weighted by Gasteiger charge is -2.27. The summed E-state index contributed by atoms with van der Waals surface area (Å²) in [6, 6.07) is 8.31. The Morgan fingerprint density at radius 1 is 1.03 bits per heavy atom. The van der Waals surface area contributed by atoms with Crippen LogP contribution in [0, 0.1) is 0 Å². The van der Waals surface area contributed by atoms with Crippen LogP contribution in [-0.2, 0) is 33.9 Å². The van der Waals surface area contributed by atoms with Crippen molar-refractivity contribution in [3.63, 3.8) is 0 Å². The van der Waals surface area contributed by atoms with Gasteiger partial charge in [0, 0.05) is 45.8 Å². The van der Waals surface area contributed by atoms with Crippen LogP contribution in [0.1, 0.15) is 18.1 Å². The number of carbonyl (C=O) groups is 1. The molecule has 9 nitrogen and oxygen atoms in total. The van der Waals surface area contributed by atoms with E-state index in [1.807, 2.05) is 6.07 Å². The van der Waals surface area contributed by atoms with Gasteiger partial charge in [-0.25, -0.2) is 0 Å². The molecule has 0 radical (unpaired) electrons. The van der Waals surface area contributed by atoms with E-state index in [1.54, 1.807) is 0 Å². The van der Waals surface area contributed by atoms with E-state index in [9.17, 15) is 4.79 Å². The molecular weight excluding hydrogens is 428 g/mol. The number of rotatable bonds is 9. The highest BCUT2D eigenvalue weighted by molar-refractivity contribution is 7.99. The van der Waals surface area contributed by atoms with Gasteiger partial charge < -0.3 is 19.7 Å². The lowest BCUT2D eigenvalue weighted by atomic mass is 10.1. The number of nitrogens with one attached hydrogen (secondary N) is 1. The molecule has 0 unspecified atom stereocenters. The van der Waals surface area contributed by atoms with Gasteiger partial charge in [-0.2, -0.15) is 0 Å². The van der Waals surface area contributed by atoms with Crippen LogP contribution in [0.15, 0.2) is 29.4 Å². The van der Waals surface area contributed by atoms with Gasteiger partial charge in [-0.15, -0.1) is 10.2 Å². The molecule has 3 heterocycles. The largest absolute Gasteiger partial charge is 0.379 e. The number of morpholine rings is 2. The second-order valence-corrected chi connectivity index (χ2v) is 8.79. The van der Waals surface area contributed by atoms with Crippen molar-refractivity contribution < 1.29 is 14.3 Å². The minimum Gasteiger partial charge on any atom is -0.379 e. The fourth-order valence-corrected chi connectivity index (χ4v) is 4.75. The number of aromatic nitrogens is 3. The maximum atomic E-state index is 12.6. The molecule has 2 aliphatic heterocycles. The molecule has 1 aromatic heterocycles. The smallest absolute Gasteiger partial charge is 0.230 e. The normalized spacial score (nSPS) is 17.5. The molecule has 0 spiro atoms. The Morgan fingerprint density at radius 3 is 2.44 bits per heavy atom. The van der Waals surface area contributed by atoms with E-state index < -0.39 is 0 Å². The molecule has 2 aromatic rings. The number of amides is 1. The monoisotopic (exact) mass is 460 g/mol. The molecule has 0 bridgehead atoms. The summed E-state index contributed by atoms with van der Waals surface area (Å²) in [7, 11) is 0. The third kappa shape index (κ3) is 6.00. The van der Waals surface area contributed by atoms with Crippen LogP contribution in [0.5, 0.6) is 0 Å². The van der Waals surface area contributed by atoms with Crippen molar-refractivity contribution in [2.24, 2.45) is 0 Å². The van der Waals surface area contributed by atoms with Gasteiger partial charge >= 0.3 is 0 Å². The van der Waals surface area contributed by atoms with Gasteiger partial charge in [0.1, 0.15) is 0 Å². The van der Waals surface area contributed by atoms with Crippen molar-refractivity contribution >= 4 is 23.6 Å². The SMILES string of the molecule is CCn1c(SCC(=O)NCc2ccccc2CN2CCOCC2)nnc1N1CCOCC1. The van der Waals surface area contributed by atoms with Crippen LogP contribution >= 0.6 is 11.8 Å². The first-order valence-corrected chi connectivity index (χ1v) is 12.3. The summed E-state index contributed by atoms with van der Waals surface area (Å²) in [6.07, 6.45) is 0. The predicted octanol–water partition coefficient (Wildman–Crippen LogP) is 1.38. The molecule has 2 aliphatic rings. The van der Waals surface area contributed by atoms with E-state index in [0.29, 0.717) is 25.5 Å². The fourth-order valence-electron chi connectivity index (χ4n) is 3.92. The number of carbonyl (C=O) groups excluding carboxylic acids is 1. The number of nitrogens with zero attached hydrogens (tertiary/aromatic N) is 5. The van der Waals surface area contributed by atoms with Gasteiger partial charge in [0.2, 0.25) is 11.9 Å². The Balaban J connectivity index is 1.29. The van der Waals surface area contributed by atoms with E-state index >= 15 is 0 Å². The number of anilines is 1. The average molecular weight is 461 g/mol. The highest BCUT2D eigenvalue weighted by Gasteiger charge is 2.20. The summed E-state index contributed by atoms with van der Waals surface area (Å²) in [5, 5.41) is 12.5. The first-order chi connectivity index (χ1) is 15.7. The van der Waals surface area contributed by atoms with Crippen molar-refractivity contribution in [2.45, 2.75) is 31.7 Å². The summed E-state index contributed by atoms with van der Waals surface area (Å²) < 4.78 is 12.9. The molecule has 10 heteroatoms. The van der Waals surface area contributed by atoms with Crippen molar-refractivity contribution in [1.29, 1.82) is 0 Å². The Bertz CT molecular complexity index is 880. The van der Waals surface area contributed by atoms with Gasteiger partial charge in [0.15, 0.2) is 5.16 Å². The Labute approximate surface area is 193 Å². The summed E-state index contributed by atoms with van der Waals surface area (Å²) in [6.45, 7) is 10.7. The second kappa shape index (κ2) is 11.6. The van der Waals surface area contributed by atoms with Gasteiger partial charge in [-0.1, -0.05) is 36.0 Å². The zero-order valence-electron chi connectivity index (χ0n) is 18.7. The summed E-state index contributed by atoms with van der Waals surface area (Å²) in [5.41, 5.74) is 2.41. The molecule has 2 fully saturated rings. The number of ether oxygens (including phenoxy) is 2. The number of hydrogen-bond donors (Lipinski definition) is 1. The van der Waals surface area contributed by atoms with Crippen LogP contribution in [-0.4, -0.2) is 83.9 Å². The molecule has 0 atom stereocenters. The zero-order valence-corrected chi connectivity index (χ0v) is 19.5. The van der Waals surface area contributed by atoms with E-state index in [-0.39, 0.29) is 5.91 Å². The van der Waals surface area contributed by atoms with Crippen LogP contribution in [0.25, 0.3) is 0 Å². The van der Waals surface area contributed by atoms with Crippen molar-refractivity contribution in [3.8, 4) is 0 Å². The molecule has 0 aliphatic carbocycles. The Kier molecular flexibility index (Phi) is 8.38. The maximum Gasteiger partial charge on any atom is 0.230 e. The fraction of sp³-hybridized carbons (Fsp3) is 0.591. The van der Waals surface area contributed by atoms with Crippen LogP contribution in [0.3, 0.4) is 0 Å². The van der Waals surface area contributed by atoms with Crippen molar-refractivity contribution in [1.82, 2.24) is 25.0 Å². The summed E-state index contributed by atoms with van der Waals surface area (Å²) >= 11 is 1.43. The molecule has 1 amide bonds. The second-order valence-electron chi connectivity index (χ2n) is 7.85. The lowest BCUT2D eigenvalue weighted by molar-refractivity contribution is -0.118. The number of thioether (sulfide) groups is 1.